The molecule has 0 spiro atoms. The van der Waals surface area contributed by atoms with E-state index in [1.807, 2.05) is 6.92 Å². The first-order valence-electron chi connectivity index (χ1n) is 10.2. The minimum absolute atomic E-state index is 0. The van der Waals surface area contributed by atoms with E-state index in [-0.39, 0.29) is 35.4 Å². The standard InChI is InChI=1S/C20H35N5O3S.HI/c1-16(2)19(25-11-13-28-14-12-25)15-23-20(21-4)22-9-10-24-29(26,27)18-7-5-17(3)6-8-18;/h5-8,16,19,24H,9-15H2,1-4H3,(H2,21,22,23);1H. The van der Waals surface area contributed by atoms with Crippen LogP contribution in [0.2, 0.25) is 0 Å². The fraction of sp³-hybridized carbons (Fsp3) is 0.650. The van der Waals surface area contributed by atoms with Crippen molar-refractivity contribution in [3.05, 3.63) is 29.8 Å². The summed E-state index contributed by atoms with van der Waals surface area (Å²) in [4.78, 5) is 6.96. The Morgan fingerprint density at radius 2 is 1.77 bits per heavy atom. The lowest BCUT2D eigenvalue weighted by Crippen LogP contribution is -2.53. The number of sulfonamides is 1. The molecular formula is C20H36IN5O3S. The summed E-state index contributed by atoms with van der Waals surface area (Å²) >= 11 is 0. The van der Waals surface area contributed by atoms with Crippen molar-refractivity contribution in [2.75, 3.05) is 53.0 Å². The van der Waals surface area contributed by atoms with E-state index in [1.54, 1.807) is 31.3 Å². The van der Waals surface area contributed by atoms with E-state index >= 15 is 0 Å². The third-order valence-electron chi connectivity index (χ3n) is 5.03. The zero-order chi connectivity index (χ0) is 21.3. The molecule has 1 heterocycles. The van der Waals surface area contributed by atoms with Gasteiger partial charge in [0.1, 0.15) is 0 Å². The molecule has 1 aromatic rings. The average Bonchev–Trinajstić information content (AvgIpc) is 2.70. The van der Waals surface area contributed by atoms with Crippen molar-refractivity contribution in [1.82, 2.24) is 20.3 Å². The van der Waals surface area contributed by atoms with Crippen LogP contribution < -0.4 is 15.4 Å². The number of hydrogen-bond acceptors (Lipinski definition) is 5. The SMILES string of the molecule is CN=C(NCCNS(=O)(=O)c1ccc(C)cc1)NCC(C(C)C)N1CCOCC1.I. The first-order valence-corrected chi connectivity index (χ1v) is 11.6. The van der Waals surface area contributed by atoms with E-state index in [0.717, 1.165) is 38.4 Å². The Balaban J connectivity index is 0.00000450. The van der Waals surface area contributed by atoms with Crippen LogP contribution in [0.1, 0.15) is 19.4 Å². The smallest absolute Gasteiger partial charge is 0.240 e. The molecule has 1 fully saturated rings. The summed E-state index contributed by atoms with van der Waals surface area (Å²) in [5.41, 5.74) is 1.03. The molecule has 3 N–H and O–H groups in total. The molecule has 8 nitrogen and oxygen atoms in total. The molecule has 1 unspecified atom stereocenters. The second kappa shape index (κ2) is 13.5. The topological polar surface area (TPSA) is 95.1 Å². The fourth-order valence-electron chi connectivity index (χ4n) is 3.28. The molecule has 0 amide bonds. The fourth-order valence-corrected chi connectivity index (χ4v) is 4.32. The maximum absolute atomic E-state index is 12.3. The van der Waals surface area contributed by atoms with Crippen LogP contribution in [-0.2, 0) is 14.8 Å². The molecule has 1 aromatic carbocycles. The van der Waals surface area contributed by atoms with Crippen molar-refractivity contribution in [3.8, 4) is 0 Å². The summed E-state index contributed by atoms with van der Waals surface area (Å²) in [5, 5.41) is 6.53. The molecule has 0 saturated carbocycles. The summed E-state index contributed by atoms with van der Waals surface area (Å²) in [6.07, 6.45) is 0. The van der Waals surface area contributed by atoms with Crippen molar-refractivity contribution in [3.63, 3.8) is 0 Å². The summed E-state index contributed by atoms with van der Waals surface area (Å²) in [6.45, 7) is 11.3. The number of aliphatic imine (C=N–C) groups is 1. The predicted molar refractivity (Wildman–Crippen MR) is 132 cm³/mol. The minimum atomic E-state index is -3.50. The number of morpholine rings is 1. The molecule has 30 heavy (non-hydrogen) atoms. The Hall–Kier alpha value is -0.950. The minimum Gasteiger partial charge on any atom is -0.379 e. The van der Waals surface area contributed by atoms with Gasteiger partial charge in [-0.1, -0.05) is 31.5 Å². The maximum Gasteiger partial charge on any atom is 0.240 e. The molecule has 2 rings (SSSR count). The van der Waals surface area contributed by atoms with Gasteiger partial charge in [0.2, 0.25) is 10.0 Å². The van der Waals surface area contributed by atoms with E-state index in [9.17, 15) is 8.42 Å². The van der Waals surface area contributed by atoms with Crippen molar-refractivity contribution in [1.29, 1.82) is 0 Å². The third kappa shape index (κ3) is 8.66. The lowest BCUT2D eigenvalue weighted by molar-refractivity contribution is 0.00752. The number of rotatable bonds is 9. The Morgan fingerprint density at radius 1 is 1.13 bits per heavy atom. The van der Waals surface area contributed by atoms with Crippen LogP contribution in [0.25, 0.3) is 0 Å². The molecule has 1 aliphatic heterocycles. The third-order valence-corrected chi connectivity index (χ3v) is 6.50. The quantitative estimate of drug-likeness (QED) is 0.185. The summed E-state index contributed by atoms with van der Waals surface area (Å²) < 4.78 is 32.7. The molecular weight excluding hydrogens is 517 g/mol. The van der Waals surface area contributed by atoms with Gasteiger partial charge in [-0.25, -0.2) is 13.1 Å². The Labute approximate surface area is 198 Å². The van der Waals surface area contributed by atoms with E-state index in [2.05, 4.69) is 39.1 Å². The predicted octanol–water partition coefficient (Wildman–Crippen LogP) is 1.41. The van der Waals surface area contributed by atoms with Crippen molar-refractivity contribution in [2.24, 2.45) is 10.9 Å². The first kappa shape index (κ1) is 27.1. The normalized spacial score (nSPS) is 16.8. The van der Waals surface area contributed by atoms with E-state index in [0.29, 0.717) is 24.5 Å². The molecule has 172 valence electrons. The van der Waals surface area contributed by atoms with Gasteiger partial charge >= 0.3 is 0 Å². The molecule has 0 aliphatic carbocycles. The lowest BCUT2D eigenvalue weighted by atomic mass is 10.0. The number of nitrogens with one attached hydrogen (secondary N) is 3. The van der Waals surface area contributed by atoms with Gasteiger partial charge in [-0.15, -0.1) is 24.0 Å². The van der Waals surface area contributed by atoms with Gasteiger partial charge in [-0.2, -0.15) is 0 Å². The molecule has 0 bridgehead atoms. The van der Waals surface area contributed by atoms with Gasteiger partial charge in [-0.05, 0) is 25.0 Å². The Morgan fingerprint density at radius 3 is 2.33 bits per heavy atom. The molecule has 1 aliphatic rings. The average molecular weight is 554 g/mol. The molecule has 1 atom stereocenters. The van der Waals surface area contributed by atoms with Crippen molar-refractivity contribution < 1.29 is 13.2 Å². The van der Waals surface area contributed by atoms with Gasteiger partial charge in [0.15, 0.2) is 5.96 Å². The first-order chi connectivity index (χ1) is 13.8. The largest absolute Gasteiger partial charge is 0.379 e. The number of hydrogen-bond donors (Lipinski definition) is 3. The maximum atomic E-state index is 12.3. The van der Waals surface area contributed by atoms with Crippen LogP contribution in [-0.4, -0.2) is 78.3 Å². The second-order valence-corrected chi connectivity index (χ2v) is 9.32. The van der Waals surface area contributed by atoms with Gasteiger partial charge in [0.25, 0.3) is 0 Å². The number of guanidine groups is 1. The van der Waals surface area contributed by atoms with Crippen LogP contribution in [0.3, 0.4) is 0 Å². The molecule has 0 radical (unpaired) electrons. The zero-order valence-electron chi connectivity index (χ0n) is 18.3. The van der Waals surface area contributed by atoms with E-state index in [1.165, 1.54) is 0 Å². The highest BCUT2D eigenvalue weighted by Gasteiger charge is 2.23. The summed E-state index contributed by atoms with van der Waals surface area (Å²) in [7, 11) is -1.79. The van der Waals surface area contributed by atoms with Crippen LogP contribution in [0.15, 0.2) is 34.2 Å². The number of nitrogens with zero attached hydrogens (tertiary/aromatic N) is 2. The molecule has 1 saturated heterocycles. The van der Waals surface area contributed by atoms with Crippen LogP contribution in [0.5, 0.6) is 0 Å². The van der Waals surface area contributed by atoms with Crippen molar-refractivity contribution >= 4 is 40.0 Å². The summed E-state index contributed by atoms with van der Waals surface area (Å²) in [6, 6.07) is 7.20. The Kier molecular flexibility index (Phi) is 12.2. The zero-order valence-corrected chi connectivity index (χ0v) is 21.5. The molecule has 10 heteroatoms. The van der Waals surface area contributed by atoms with Crippen LogP contribution >= 0.6 is 24.0 Å². The van der Waals surface area contributed by atoms with E-state index < -0.39 is 10.0 Å². The molecule has 0 aromatic heterocycles. The van der Waals surface area contributed by atoms with E-state index in [4.69, 9.17) is 4.74 Å². The monoisotopic (exact) mass is 553 g/mol. The number of ether oxygens (including phenoxy) is 1. The lowest BCUT2D eigenvalue weighted by Gasteiger charge is -2.37. The van der Waals surface area contributed by atoms with Gasteiger partial charge in [0, 0.05) is 45.8 Å². The number of benzene rings is 1. The highest BCUT2D eigenvalue weighted by molar-refractivity contribution is 14.0. The van der Waals surface area contributed by atoms with Gasteiger partial charge < -0.3 is 15.4 Å². The summed E-state index contributed by atoms with van der Waals surface area (Å²) in [5.74, 6) is 1.17. The highest BCUT2D eigenvalue weighted by atomic mass is 127. The number of halogens is 1. The van der Waals surface area contributed by atoms with Crippen molar-refractivity contribution in [2.45, 2.75) is 31.7 Å². The van der Waals surface area contributed by atoms with Crippen LogP contribution in [0, 0.1) is 12.8 Å². The highest BCUT2D eigenvalue weighted by Crippen LogP contribution is 2.12. The van der Waals surface area contributed by atoms with Gasteiger partial charge in [-0.3, -0.25) is 9.89 Å². The number of aryl methyl sites for hydroxylation is 1. The second-order valence-electron chi connectivity index (χ2n) is 7.55. The Bertz CT molecular complexity index is 750. The van der Waals surface area contributed by atoms with Gasteiger partial charge in [0.05, 0.1) is 18.1 Å². The van der Waals surface area contributed by atoms with Crippen LogP contribution in [0.4, 0.5) is 0 Å².